The molecule has 4 heteroatoms. The van der Waals surface area contributed by atoms with Gasteiger partial charge in [-0.15, -0.1) is 0 Å². The first-order valence-electron chi connectivity index (χ1n) is 5.33. The highest BCUT2D eigenvalue weighted by atomic mass is 16.5. The average molecular weight is 230 g/mol. The molecular formula is C13H14N2O2. The van der Waals surface area contributed by atoms with Crippen molar-refractivity contribution in [2.24, 2.45) is 0 Å². The molecule has 1 aromatic carbocycles. The Balaban J connectivity index is 1.96. The second kappa shape index (κ2) is 5.21. The van der Waals surface area contributed by atoms with Crippen LogP contribution < -0.4 is 5.32 Å². The van der Waals surface area contributed by atoms with Crippen molar-refractivity contribution in [2.75, 3.05) is 12.4 Å². The first-order chi connectivity index (χ1) is 8.29. The molecule has 0 saturated carbocycles. The van der Waals surface area contributed by atoms with Crippen LogP contribution in [0.5, 0.6) is 0 Å². The molecule has 0 saturated heterocycles. The van der Waals surface area contributed by atoms with E-state index in [2.05, 4.69) is 15.0 Å². The minimum Gasteiger partial charge on any atom is -0.465 e. The molecule has 2 N–H and O–H groups in total. The Kier molecular flexibility index (Phi) is 3.45. The zero-order valence-electron chi connectivity index (χ0n) is 9.57. The Bertz CT molecular complexity index is 475. The summed E-state index contributed by atoms with van der Waals surface area (Å²) in [5.74, 6) is -0.317. The van der Waals surface area contributed by atoms with Gasteiger partial charge in [0.15, 0.2) is 0 Å². The number of aromatic nitrogens is 1. The molecule has 4 nitrogen and oxygen atoms in total. The summed E-state index contributed by atoms with van der Waals surface area (Å²) in [7, 11) is 1.38. The summed E-state index contributed by atoms with van der Waals surface area (Å²) in [5, 5.41) is 3.26. The van der Waals surface area contributed by atoms with Gasteiger partial charge in [-0.3, -0.25) is 0 Å². The van der Waals surface area contributed by atoms with Crippen LogP contribution in [-0.2, 0) is 11.3 Å². The SMILES string of the molecule is COC(=O)c1ccc(NCc2cc[nH]c2)cc1. The number of carbonyl (C=O) groups is 1. The number of rotatable bonds is 4. The fourth-order valence-corrected chi connectivity index (χ4v) is 1.51. The summed E-state index contributed by atoms with van der Waals surface area (Å²) in [6.07, 6.45) is 3.83. The molecule has 0 unspecified atom stereocenters. The molecule has 1 aromatic heterocycles. The van der Waals surface area contributed by atoms with Crippen LogP contribution in [0.1, 0.15) is 15.9 Å². The number of anilines is 1. The number of esters is 1. The normalized spacial score (nSPS) is 9.94. The highest BCUT2D eigenvalue weighted by Crippen LogP contribution is 2.11. The molecule has 0 aliphatic rings. The van der Waals surface area contributed by atoms with E-state index in [1.807, 2.05) is 30.6 Å². The molecular weight excluding hydrogens is 216 g/mol. The molecule has 88 valence electrons. The van der Waals surface area contributed by atoms with Gasteiger partial charge in [0.2, 0.25) is 0 Å². The number of methoxy groups -OCH3 is 1. The van der Waals surface area contributed by atoms with Crippen molar-refractivity contribution in [1.29, 1.82) is 0 Å². The van der Waals surface area contributed by atoms with Crippen LogP contribution in [0.3, 0.4) is 0 Å². The zero-order valence-corrected chi connectivity index (χ0v) is 9.57. The van der Waals surface area contributed by atoms with Gasteiger partial charge in [0, 0.05) is 24.6 Å². The monoisotopic (exact) mass is 230 g/mol. The van der Waals surface area contributed by atoms with Crippen molar-refractivity contribution in [1.82, 2.24) is 4.98 Å². The quantitative estimate of drug-likeness (QED) is 0.793. The number of nitrogens with one attached hydrogen (secondary N) is 2. The van der Waals surface area contributed by atoms with Gasteiger partial charge in [-0.1, -0.05) is 0 Å². The van der Waals surface area contributed by atoms with Crippen LogP contribution in [0.4, 0.5) is 5.69 Å². The van der Waals surface area contributed by atoms with Crippen LogP contribution >= 0.6 is 0 Å². The lowest BCUT2D eigenvalue weighted by Crippen LogP contribution is -2.02. The minimum atomic E-state index is -0.317. The summed E-state index contributed by atoms with van der Waals surface area (Å²) >= 11 is 0. The number of carbonyl (C=O) groups excluding carboxylic acids is 1. The van der Waals surface area contributed by atoms with Crippen molar-refractivity contribution in [3.8, 4) is 0 Å². The molecule has 0 radical (unpaired) electrons. The Morgan fingerprint density at radius 2 is 2.06 bits per heavy atom. The third-order valence-electron chi connectivity index (χ3n) is 2.46. The van der Waals surface area contributed by atoms with Gasteiger partial charge in [0.05, 0.1) is 12.7 Å². The smallest absolute Gasteiger partial charge is 0.337 e. The standard InChI is InChI=1S/C13H14N2O2/c1-17-13(16)11-2-4-12(5-3-11)15-9-10-6-7-14-8-10/h2-8,14-15H,9H2,1H3. The van der Waals surface area contributed by atoms with Crippen molar-refractivity contribution < 1.29 is 9.53 Å². The van der Waals surface area contributed by atoms with Gasteiger partial charge in [-0.05, 0) is 35.9 Å². The maximum atomic E-state index is 11.2. The van der Waals surface area contributed by atoms with Gasteiger partial charge in [-0.25, -0.2) is 4.79 Å². The minimum absolute atomic E-state index is 0.317. The van der Waals surface area contributed by atoms with Crippen LogP contribution in [-0.4, -0.2) is 18.1 Å². The Labute approximate surface area is 99.6 Å². The third kappa shape index (κ3) is 2.87. The Morgan fingerprint density at radius 1 is 1.29 bits per heavy atom. The molecule has 0 fully saturated rings. The number of hydrogen-bond donors (Lipinski definition) is 2. The third-order valence-corrected chi connectivity index (χ3v) is 2.46. The first-order valence-corrected chi connectivity index (χ1v) is 5.33. The molecule has 2 rings (SSSR count). The van der Waals surface area contributed by atoms with Crippen LogP contribution in [0.25, 0.3) is 0 Å². The number of H-pyrrole nitrogens is 1. The van der Waals surface area contributed by atoms with E-state index in [0.29, 0.717) is 5.56 Å². The van der Waals surface area contributed by atoms with E-state index >= 15 is 0 Å². The van der Waals surface area contributed by atoms with E-state index in [9.17, 15) is 4.79 Å². The Morgan fingerprint density at radius 3 is 2.65 bits per heavy atom. The topological polar surface area (TPSA) is 54.1 Å². The Hall–Kier alpha value is -2.23. The summed E-state index contributed by atoms with van der Waals surface area (Å²) in [6, 6.07) is 9.21. The van der Waals surface area contributed by atoms with Crippen molar-refractivity contribution in [3.05, 3.63) is 53.9 Å². The van der Waals surface area contributed by atoms with Gasteiger partial charge in [-0.2, -0.15) is 0 Å². The summed E-state index contributed by atoms with van der Waals surface area (Å²) in [4.78, 5) is 14.2. The molecule has 0 amide bonds. The second-order valence-corrected chi connectivity index (χ2v) is 3.64. The maximum absolute atomic E-state index is 11.2. The fraction of sp³-hybridized carbons (Fsp3) is 0.154. The molecule has 0 bridgehead atoms. The van der Waals surface area contributed by atoms with E-state index in [1.54, 1.807) is 12.1 Å². The van der Waals surface area contributed by atoms with E-state index in [-0.39, 0.29) is 5.97 Å². The lowest BCUT2D eigenvalue weighted by molar-refractivity contribution is 0.0601. The number of benzene rings is 1. The largest absolute Gasteiger partial charge is 0.465 e. The maximum Gasteiger partial charge on any atom is 0.337 e. The lowest BCUT2D eigenvalue weighted by atomic mass is 10.2. The number of hydrogen-bond acceptors (Lipinski definition) is 3. The zero-order chi connectivity index (χ0) is 12.1. The lowest BCUT2D eigenvalue weighted by Gasteiger charge is -2.05. The first kappa shape index (κ1) is 11.3. The molecule has 0 aliphatic heterocycles. The van der Waals surface area contributed by atoms with E-state index in [0.717, 1.165) is 12.2 Å². The fourth-order valence-electron chi connectivity index (χ4n) is 1.51. The molecule has 2 aromatic rings. The number of ether oxygens (including phenoxy) is 1. The predicted molar refractivity (Wildman–Crippen MR) is 65.9 cm³/mol. The molecule has 0 atom stereocenters. The van der Waals surface area contributed by atoms with Crippen molar-refractivity contribution in [2.45, 2.75) is 6.54 Å². The van der Waals surface area contributed by atoms with Crippen molar-refractivity contribution >= 4 is 11.7 Å². The molecule has 0 aliphatic carbocycles. The van der Waals surface area contributed by atoms with Gasteiger partial charge in [0.1, 0.15) is 0 Å². The summed E-state index contributed by atoms with van der Waals surface area (Å²) in [6.45, 7) is 0.751. The summed E-state index contributed by atoms with van der Waals surface area (Å²) < 4.78 is 4.63. The van der Waals surface area contributed by atoms with Gasteiger partial charge in [0.25, 0.3) is 0 Å². The van der Waals surface area contributed by atoms with E-state index in [1.165, 1.54) is 12.7 Å². The van der Waals surface area contributed by atoms with Gasteiger partial charge >= 0.3 is 5.97 Å². The summed E-state index contributed by atoms with van der Waals surface area (Å²) in [5.41, 5.74) is 2.71. The van der Waals surface area contributed by atoms with Crippen LogP contribution in [0.2, 0.25) is 0 Å². The molecule has 1 heterocycles. The highest BCUT2D eigenvalue weighted by molar-refractivity contribution is 5.89. The predicted octanol–water partition coefficient (Wildman–Crippen LogP) is 2.41. The average Bonchev–Trinajstić information content (AvgIpc) is 2.89. The number of aromatic amines is 1. The van der Waals surface area contributed by atoms with Crippen molar-refractivity contribution in [3.63, 3.8) is 0 Å². The van der Waals surface area contributed by atoms with E-state index < -0.39 is 0 Å². The van der Waals surface area contributed by atoms with E-state index in [4.69, 9.17) is 0 Å². The second-order valence-electron chi connectivity index (χ2n) is 3.64. The molecule has 0 spiro atoms. The highest BCUT2D eigenvalue weighted by Gasteiger charge is 2.03. The van der Waals surface area contributed by atoms with Crippen LogP contribution in [0, 0.1) is 0 Å². The van der Waals surface area contributed by atoms with Gasteiger partial charge < -0.3 is 15.0 Å². The molecule has 17 heavy (non-hydrogen) atoms. The van der Waals surface area contributed by atoms with Crippen LogP contribution in [0.15, 0.2) is 42.7 Å².